The van der Waals surface area contributed by atoms with Crippen LogP contribution in [0.3, 0.4) is 0 Å². The van der Waals surface area contributed by atoms with Crippen LogP contribution < -0.4 is 9.47 Å². The summed E-state index contributed by atoms with van der Waals surface area (Å²) in [6.45, 7) is 0.398. The highest BCUT2D eigenvalue weighted by molar-refractivity contribution is 9.10. The van der Waals surface area contributed by atoms with E-state index in [4.69, 9.17) is 9.47 Å². The Morgan fingerprint density at radius 2 is 1.69 bits per heavy atom. The molecule has 0 unspecified atom stereocenters. The Hall–Kier alpha value is -3.36. The topological polar surface area (TPSA) is 59.3 Å². The summed E-state index contributed by atoms with van der Waals surface area (Å²) in [6, 6.07) is 24.0. The zero-order valence-electron chi connectivity index (χ0n) is 15.8. The fourth-order valence-electron chi connectivity index (χ4n) is 2.72. The molecule has 0 radical (unpaired) electrons. The highest BCUT2D eigenvalue weighted by Gasteiger charge is 2.15. The maximum Gasteiger partial charge on any atom is 0.203 e. The van der Waals surface area contributed by atoms with Crippen molar-refractivity contribution in [3.05, 3.63) is 99.5 Å². The molecule has 0 N–H and O–H groups in total. The third-order valence-corrected chi connectivity index (χ3v) is 4.91. The normalized spacial score (nSPS) is 10.9. The molecular weight excluding hydrogens is 430 g/mol. The number of hydrogen-bond donors (Lipinski definition) is 0. The molecule has 0 saturated heterocycles. The summed E-state index contributed by atoms with van der Waals surface area (Å²) < 4.78 is 12.0. The minimum atomic E-state index is -0.330. The number of Topliss-reactive ketones (excluding diaryl/α,β-unsaturated/α-hetero) is 1. The predicted molar refractivity (Wildman–Crippen MR) is 116 cm³/mol. The quantitative estimate of drug-likeness (QED) is 0.259. The van der Waals surface area contributed by atoms with E-state index in [2.05, 4.69) is 15.9 Å². The van der Waals surface area contributed by atoms with Gasteiger partial charge in [-0.15, -0.1) is 0 Å². The van der Waals surface area contributed by atoms with Crippen LogP contribution in [0.5, 0.6) is 11.5 Å². The summed E-state index contributed by atoms with van der Waals surface area (Å²) in [4.78, 5) is 12.6. The molecule has 0 bridgehead atoms. The van der Waals surface area contributed by atoms with Crippen molar-refractivity contribution in [3.63, 3.8) is 0 Å². The summed E-state index contributed by atoms with van der Waals surface area (Å²) in [5, 5.41) is 9.49. The van der Waals surface area contributed by atoms with Gasteiger partial charge in [0.2, 0.25) is 5.78 Å². The number of nitrogens with zero attached hydrogens (tertiary/aromatic N) is 1. The van der Waals surface area contributed by atoms with Gasteiger partial charge in [-0.2, -0.15) is 5.26 Å². The summed E-state index contributed by atoms with van der Waals surface area (Å²) in [5.74, 6) is 0.747. The summed E-state index contributed by atoms with van der Waals surface area (Å²) >= 11 is 3.50. The molecule has 29 heavy (non-hydrogen) atoms. The van der Waals surface area contributed by atoms with E-state index in [9.17, 15) is 10.1 Å². The molecule has 144 valence electrons. The second kappa shape index (κ2) is 9.72. The first-order chi connectivity index (χ1) is 14.1. The average molecular weight is 448 g/mol. The van der Waals surface area contributed by atoms with E-state index in [1.807, 2.05) is 42.5 Å². The second-order valence-corrected chi connectivity index (χ2v) is 7.02. The number of nitriles is 1. The van der Waals surface area contributed by atoms with Crippen LogP contribution in [-0.4, -0.2) is 12.9 Å². The van der Waals surface area contributed by atoms with Crippen LogP contribution in [0.25, 0.3) is 6.08 Å². The number of hydrogen-bond acceptors (Lipinski definition) is 4. The van der Waals surface area contributed by atoms with Gasteiger partial charge >= 0.3 is 0 Å². The molecule has 0 heterocycles. The molecule has 0 aromatic heterocycles. The van der Waals surface area contributed by atoms with Crippen molar-refractivity contribution in [1.82, 2.24) is 0 Å². The molecule has 0 atom stereocenters. The smallest absolute Gasteiger partial charge is 0.203 e. The Kier molecular flexibility index (Phi) is 6.83. The number of rotatable bonds is 7. The second-order valence-electron chi connectivity index (χ2n) is 6.16. The molecule has 0 aliphatic rings. The van der Waals surface area contributed by atoms with Crippen molar-refractivity contribution in [2.75, 3.05) is 7.11 Å². The van der Waals surface area contributed by atoms with Gasteiger partial charge in [-0.1, -0.05) is 76.6 Å². The number of ether oxygens (including phenoxy) is 2. The van der Waals surface area contributed by atoms with Crippen molar-refractivity contribution < 1.29 is 14.3 Å². The van der Waals surface area contributed by atoms with Crippen molar-refractivity contribution in [1.29, 1.82) is 5.26 Å². The van der Waals surface area contributed by atoms with Crippen molar-refractivity contribution in [2.24, 2.45) is 0 Å². The number of benzene rings is 3. The first-order valence-electron chi connectivity index (χ1n) is 8.88. The molecule has 0 saturated carbocycles. The maximum absolute atomic E-state index is 12.6. The molecule has 3 aromatic carbocycles. The van der Waals surface area contributed by atoms with E-state index < -0.39 is 0 Å². The van der Waals surface area contributed by atoms with Crippen molar-refractivity contribution in [2.45, 2.75) is 6.61 Å². The van der Waals surface area contributed by atoms with Crippen LogP contribution in [0.4, 0.5) is 0 Å². The molecule has 5 heteroatoms. The minimum absolute atomic E-state index is 0.0388. The summed E-state index contributed by atoms with van der Waals surface area (Å²) in [7, 11) is 1.55. The van der Waals surface area contributed by atoms with Gasteiger partial charge in [0.05, 0.1) is 7.11 Å². The lowest BCUT2D eigenvalue weighted by atomic mass is 10.0. The predicted octanol–water partition coefficient (Wildman–Crippen LogP) is 5.83. The van der Waals surface area contributed by atoms with Gasteiger partial charge < -0.3 is 9.47 Å². The Balaban J connectivity index is 1.88. The van der Waals surface area contributed by atoms with E-state index >= 15 is 0 Å². The number of methoxy groups -OCH3 is 1. The monoisotopic (exact) mass is 447 g/mol. The van der Waals surface area contributed by atoms with Gasteiger partial charge in [0.15, 0.2) is 11.5 Å². The van der Waals surface area contributed by atoms with Gasteiger partial charge in [0.25, 0.3) is 0 Å². The van der Waals surface area contributed by atoms with Crippen LogP contribution >= 0.6 is 15.9 Å². The highest BCUT2D eigenvalue weighted by atomic mass is 79.9. The van der Waals surface area contributed by atoms with Gasteiger partial charge in [0, 0.05) is 10.0 Å². The van der Waals surface area contributed by atoms with Crippen LogP contribution in [0.2, 0.25) is 0 Å². The Morgan fingerprint density at radius 1 is 1.03 bits per heavy atom. The Labute approximate surface area is 178 Å². The summed E-state index contributed by atoms with van der Waals surface area (Å²) in [6.07, 6.45) is 1.54. The fourth-order valence-corrected chi connectivity index (χ4v) is 3.16. The lowest BCUT2D eigenvalue weighted by Crippen LogP contribution is -2.02. The molecule has 0 fully saturated rings. The lowest BCUT2D eigenvalue weighted by Gasteiger charge is -2.13. The van der Waals surface area contributed by atoms with Crippen molar-refractivity contribution in [3.8, 4) is 17.6 Å². The van der Waals surface area contributed by atoms with Crippen LogP contribution in [0.15, 0.2) is 82.8 Å². The van der Waals surface area contributed by atoms with Crippen molar-refractivity contribution >= 4 is 27.8 Å². The molecule has 0 amide bonds. The number of carbonyl (C=O) groups excluding carboxylic acids is 1. The van der Waals surface area contributed by atoms with Crippen LogP contribution in [0, 0.1) is 11.3 Å². The van der Waals surface area contributed by atoms with Crippen LogP contribution in [-0.2, 0) is 6.61 Å². The zero-order chi connectivity index (χ0) is 20.6. The molecule has 4 nitrogen and oxygen atoms in total. The first kappa shape index (κ1) is 20.4. The lowest BCUT2D eigenvalue weighted by molar-refractivity contribution is 0.104. The summed E-state index contributed by atoms with van der Waals surface area (Å²) in [5.41, 5.74) is 2.19. The molecular formula is C24H18BrNO3. The van der Waals surface area contributed by atoms with Gasteiger partial charge in [-0.25, -0.2) is 0 Å². The van der Waals surface area contributed by atoms with Crippen LogP contribution in [0.1, 0.15) is 21.5 Å². The zero-order valence-corrected chi connectivity index (χ0v) is 17.3. The number of halogens is 1. The van der Waals surface area contributed by atoms with E-state index in [1.54, 1.807) is 49.6 Å². The first-order valence-corrected chi connectivity index (χ1v) is 9.67. The standard InChI is InChI=1S/C24H18BrNO3/c1-28-22-13-19(12-20(15-26)24(27)18-10-6-3-7-11-18)21(25)14-23(22)29-16-17-8-4-2-5-9-17/h2-14H,16H2,1H3. The highest BCUT2D eigenvalue weighted by Crippen LogP contribution is 2.35. The average Bonchev–Trinajstić information content (AvgIpc) is 2.77. The number of ketones is 1. The van der Waals surface area contributed by atoms with Gasteiger partial charge in [-0.3, -0.25) is 4.79 Å². The Bertz CT molecular complexity index is 1070. The maximum atomic E-state index is 12.6. The molecule has 3 rings (SSSR count). The molecule has 0 aliphatic carbocycles. The SMILES string of the molecule is COc1cc(C=C(C#N)C(=O)c2ccccc2)c(Br)cc1OCc1ccccc1. The fraction of sp³-hybridized carbons (Fsp3) is 0.0833. The molecule has 0 spiro atoms. The van der Waals surface area contributed by atoms with E-state index in [0.29, 0.717) is 33.7 Å². The third kappa shape index (κ3) is 5.13. The number of allylic oxidation sites excluding steroid dienone is 1. The van der Waals surface area contributed by atoms with Gasteiger partial charge in [0.1, 0.15) is 18.2 Å². The van der Waals surface area contributed by atoms with Gasteiger partial charge in [-0.05, 0) is 29.3 Å². The molecule has 0 aliphatic heterocycles. The van der Waals surface area contributed by atoms with E-state index in [1.165, 1.54) is 0 Å². The van der Waals surface area contributed by atoms with E-state index in [0.717, 1.165) is 5.56 Å². The third-order valence-electron chi connectivity index (χ3n) is 4.22. The number of carbonyl (C=O) groups is 1. The Morgan fingerprint density at radius 3 is 2.31 bits per heavy atom. The van der Waals surface area contributed by atoms with E-state index in [-0.39, 0.29) is 11.4 Å². The molecule has 3 aromatic rings. The largest absolute Gasteiger partial charge is 0.493 e. The minimum Gasteiger partial charge on any atom is -0.493 e.